The predicted octanol–water partition coefficient (Wildman–Crippen LogP) is 2.77. The topological polar surface area (TPSA) is 125 Å². The van der Waals surface area contributed by atoms with E-state index in [4.69, 9.17) is 4.74 Å². The van der Waals surface area contributed by atoms with Gasteiger partial charge in [0.05, 0.1) is 17.7 Å². The number of hydrogen-bond donors (Lipinski definition) is 2. The molecule has 212 valence electrons. The Morgan fingerprint density at radius 3 is 2.05 bits per heavy atom. The van der Waals surface area contributed by atoms with E-state index in [1.165, 1.54) is 0 Å². The highest BCUT2D eigenvalue weighted by Crippen LogP contribution is 2.28. The van der Waals surface area contributed by atoms with Crippen molar-refractivity contribution in [3.8, 4) is 0 Å². The van der Waals surface area contributed by atoms with Crippen molar-refractivity contribution in [2.75, 3.05) is 26.2 Å². The van der Waals surface area contributed by atoms with E-state index in [1.54, 1.807) is 49.9 Å². The molecular weight excluding hydrogens is 512 g/mol. The molecule has 1 fully saturated rings. The average molecular weight is 549 g/mol. The van der Waals surface area contributed by atoms with Gasteiger partial charge in [-0.2, -0.15) is 0 Å². The molecule has 0 radical (unpaired) electrons. The quantitative estimate of drug-likeness (QED) is 0.489. The fraction of sp³-hybridized carbons (Fsp3) is 0.433. The van der Waals surface area contributed by atoms with E-state index in [2.05, 4.69) is 10.6 Å². The first-order chi connectivity index (χ1) is 19.0. The lowest BCUT2D eigenvalue weighted by molar-refractivity contribution is -0.137. The molecule has 2 aromatic rings. The van der Waals surface area contributed by atoms with Gasteiger partial charge in [-0.3, -0.25) is 24.1 Å². The Labute approximate surface area is 234 Å². The largest absolute Gasteiger partial charge is 0.444 e. The first-order valence-electron chi connectivity index (χ1n) is 13.6. The molecule has 0 saturated carbocycles. The molecule has 2 N–H and O–H groups in total. The maximum Gasteiger partial charge on any atom is 0.408 e. The van der Waals surface area contributed by atoms with E-state index >= 15 is 0 Å². The molecule has 1 atom stereocenters. The van der Waals surface area contributed by atoms with Crippen LogP contribution in [0.3, 0.4) is 0 Å². The lowest BCUT2D eigenvalue weighted by Crippen LogP contribution is -2.54. The van der Waals surface area contributed by atoms with Crippen molar-refractivity contribution in [3.63, 3.8) is 0 Å². The summed E-state index contributed by atoms with van der Waals surface area (Å²) in [5.74, 6) is -1.33. The van der Waals surface area contributed by atoms with Crippen LogP contribution in [0.25, 0.3) is 0 Å². The molecule has 0 bridgehead atoms. The number of ether oxygens (including phenoxy) is 1. The van der Waals surface area contributed by atoms with E-state index in [-0.39, 0.29) is 30.7 Å². The Kier molecular flexibility index (Phi) is 8.86. The van der Waals surface area contributed by atoms with Gasteiger partial charge in [-0.05, 0) is 57.2 Å². The molecule has 4 rings (SSSR count). The summed E-state index contributed by atoms with van der Waals surface area (Å²) in [5, 5.41) is 5.26. The van der Waals surface area contributed by atoms with Gasteiger partial charge in [-0.15, -0.1) is 0 Å². The third-order valence-electron chi connectivity index (χ3n) is 7.00. The highest BCUT2D eigenvalue weighted by atomic mass is 16.6. The van der Waals surface area contributed by atoms with Crippen molar-refractivity contribution in [3.05, 3.63) is 71.3 Å². The first-order valence-corrected chi connectivity index (χ1v) is 13.6. The lowest BCUT2D eigenvalue weighted by atomic mass is 9.95. The number of benzene rings is 2. The monoisotopic (exact) mass is 548 g/mol. The number of likely N-dealkylation sites (tertiary alicyclic amines) is 1. The third-order valence-corrected chi connectivity index (χ3v) is 7.00. The van der Waals surface area contributed by atoms with Gasteiger partial charge in [-0.25, -0.2) is 4.79 Å². The van der Waals surface area contributed by atoms with Crippen molar-refractivity contribution in [2.45, 2.75) is 51.7 Å². The van der Waals surface area contributed by atoms with Crippen LogP contribution in [-0.4, -0.2) is 77.3 Å². The molecule has 5 amide bonds. The second-order valence-corrected chi connectivity index (χ2v) is 11.2. The molecule has 10 nitrogen and oxygen atoms in total. The predicted molar refractivity (Wildman–Crippen MR) is 147 cm³/mol. The summed E-state index contributed by atoms with van der Waals surface area (Å²) >= 11 is 0. The SMILES string of the molecule is CC(C)(C)OC(=O)NCC(=O)NCC1CCN(C(=O)C(Cc2ccccc2)N2C(=O)c3ccccc3C2=O)CC1. The summed E-state index contributed by atoms with van der Waals surface area (Å²) in [6, 6.07) is 15.0. The van der Waals surface area contributed by atoms with E-state index in [0.717, 1.165) is 10.5 Å². The first kappa shape index (κ1) is 28.8. The Balaban J connectivity index is 1.34. The number of fused-ring (bicyclic) bond motifs is 1. The summed E-state index contributed by atoms with van der Waals surface area (Å²) < 4.78 is 5.13. The van der Waals surface area contributed by atoms with Gasteiger partial charge in [0.2, 0.25) is 11.8 Å². The molecule has 2 aromatic carbocycles. The molecule has 0 spiro atoms. The van der Waals surface area contributed by atoms with Gasteiger partial charge >= 0.3 is 6.09 Å². The normalized spacial score (nSPS) is 16.4. The van der Waals surface area contributed by atoms with Gasteiger partial charge in [-0.1, -0.05) is 42.5 Å². The zero-order chi connectivity index (χ0) is 28.9. The molecule has 10 heteroatoms. The van der Waals surface area contributed by atoms with Crippen molar-refractivity contribution in [2.24, 2.45) is 5.92 Å². The van der Waals surface area contributed by atoms with Crippen LogP contribution in [0.4, 0.5) is 4.79 Å². The Morgan fingerprint density at radius 1 is 0.900 bits per heavy atom. The second kappa shape index (κ2) is 12.3. The molecule has 0 aromatic heterocycles. The zero-order valence-corrected chi connectivity index (χ0v) is 23.1. The van der Waals surface area contributed by atoms with Crippen LogP contribution < -0.4 is 10.6 Å². The fourth-order valence-corrected chi connectivity index (χ4v) is 4.97. The van der Waals surface area contributed by atoms with E-state index in [0.29, 0.717) is 43.6 Å². The number of nitrogens with one attached hydrogen (secondary N) is 2. The van der Waals surface area contributed by atoms with Crippen LogP contribution in [-0.2, 0) is 20.7 Å². The van der Waals surface area contributed by atoms with Crippen LogP contribution in [0.15, 0.2) is 54.6 Å². The Bertz CT molecular complexity index is 1230. The summed E-state index contributed by atoms with van der Waals surface area (Å²) in [7, 11) is 0. The van der Waals surface area contributed by atoms with Gasteiger partial charge in [0.15, 0.2) is 0 Å². The van der Waals surface area contributed by atoms with Crippen molar-refractivity contribution in [1.82, 2.24) is 20.4 Å². The third kappa shape index (κ3) is 7.05. The van der Waals surface area contributed by atoms with Crippen LogP contribution in [0.1, 0.15) is 59.9 Å². The number of nitrogens with zero attached hydrogens (tertiary/aromatic N) is 2. The minimum absolute atomic E-state index is 0.154. The number of piperidine rings is 1. The van der Waals surface area contributed by atoms with Crippen LogP contribution in [0, 0.1) is 5.92 Å². The highest BCUT2D eigenvalue weighted by molar-refractivity contribution is 6.22. The van der Waals surface area contributed by atoms with Gasteiger partial charge < -0.3 is 20.3 Å². The smallest absolute Gasteiger partial charge is 0.408 e. The van der Waals surface area contributed by atoms with Gasteiger partial charge in [0.25, 0.3) is 11.8 Å². The summed E-state index contributed by atoms with van der Waals surface area (Å²) in [5.41, 5.74) is 0.837. The van der Waals surface area contributed by atoms with Crippen LogP contribution in [0.2, 0.25) is 0 Å². The van der Waals surface area contributed by atoms with Crippen LogP contribution in [0.5, 0.6) is 0 Å². The number of rotatable bonds is 8. The number of amides is 5. The maximum atomic E-state index is 13.8. The van der Waals surface area contributed by atoms with E-state index in [1.807, 2.05) is 30.3 Å². The fourth-order valence-electron chi connectivity index (χ4n) is 4.97. The molecule has 1 saturated heterocycles. The molecular formula is C30H36N4O6. The maximum absolute atomic E-state index is 13.8. The average Bonchev–Trinajstić information content (AvgIpc) is 3.18. The molecule has 2 heterocycles. The molecule has 2 aliphatic heterocycles. The summed E-state index contributed by atoms with van der Waals surface area (Å²) in [6.07, 6.45) is 0.890. The zero-order valence-electron chi connectivity index (χ0n) is 23.1. The number of alkyl carbamates (subject to hydrolysis) is 1. The summed E-state index contributed by atoms with van der Waals surface area (Å²) in [4.78, 5) is 67.1. The van der Waals surface area contributed by atoms with E-state index < -0.39 is 29.6 Å². The second-order valence-electron chi connectivity index (χ2n) is 11.2. The van der Waals surface area contributed by atoms with Crippen molar-refractivity contribution < 1.29 is 28.7 Å². The molecule has 1 unspecified atom stereocenters. The molecule has 0 aliphatic carbocycles. The van der Waals surface area contributed by atoms with E-state index in [9.17, 15) is 24.0 Å². The Morgan fingerprint density at radius 2 is 1.48 bits per heavy atom. The minimum Gasteiger partial charge on any atom is -0.444 e. The highest BCUT2D eigenvalue weighted by Gasteiger charge is 2.44. The number of hydrogen-bond acceptors (Lipinski definition) is 6. The lowest BCUT2D eigenvalue weighted by Gasteiger charge is -2.36. The van der Waals surface area contributed by atoms with Crippen LogP contribution >= 0.6 is 0 Å². The standard InChI is InChI=1S/C30H36N4O6/c1-30(2,3)40-29(39)32-19-25(35)31-18-21-13-15-33(16-14-21)28(38)24(17-20-9-5-4-6-10-20)34-26(36)22-11-7-8-12-23(22)27(34)37/h4-12,21,24H,13-19H2,1-3H3,(H,31,35)(H,32,39). The molecule has 40 heavy (non-hydrogen) atoms. The number of carbonyl (C=O) groups is 5. The number of carbonyl (C=O) groups excluding carboxylic acids is 5. The molecule has 2 aliphatic rings. The number of imide groups is 1. The Hall–Kier alpha value is -4.21. The van der Waals surface area contributed by atoms with Gasteiger partial charge in [0, 0.05) is 26.1 Å². The summed E-state index contributed by atoms with van der Waals surface area (Å²) in [6.45, 7) is 6.36. The minimum atomic E-state index is -0.954. The van der Waals surface area contributed by atoms with Crippen molar-refractivity contribution in [1.29, 1.82) is 0 Å². The van der Waals surface area contributed by atoms with Crippen molar-refractivity contribution >= 4 is 29.7 Å². The van der Waals surface area contributed by atoms with Gasteiger partial charge in [0.1, 0.15) is 11.6 Å².